The largest absolute Gasteiger partial charge is 0.403 e. The van der Waals surface area contributed by atoms with Gasteiger partial charge in [-0.15, -0.1) is 5.10 Å². The number of pyridine rings is 1. The average Bonchev–Trinajstić information content (AvgIpc) is 3.31. The molecular weight excluding hydrogens is 323 g/mol. The van der Waals surface area contributed by atoms with Crippen LogP contribution in [0, 0.1) is 5.82 Å². The van der Waals surface area contributed by atoms with E-state index < -0.39 is 0 Å². The Balaban J connectivity index is 1.49. The quantitative estimate of drug-likeness (QED) is 0.603. The van der Waals surface area contributed by atoms with Gasteiger partial charge in [0.15, 0.2) is 0 Å². The Kier molecular flexibility index (Phi) is 3.91. The highest BCUT2D eigenvalue weighted by Crippen LogP contribution is 2.19. The van der Waals surface area contributed by atoms with Gasteiger partial charge in [0.1, 0.15) is 5.82 Å². The fourth-order valence-corrected chi connectivity index (χ4v) is 2.35. The summed E-state index contributed by atoms with van der Waals surface area (Å²) in [6.07, 6.45) is 5.00. The highest BCUT2D eigenvalue weighted by atomic mass is 19.1. The second-order valence-electron chi connectivity index (χ2n) is 5.21. The molecule has 0 unspecified atom stereocenters. The van der Waals surface area contributed by atoms with Crippen LogP contribution in [0.1, 0.15) is 5.69 Å². The third-order valence-corrected chi connectivity index (χ3v) is 3.57. The number of anilines is 1. The van der Waals surface area contributed by atoms with E-state index in [9.17, 15) is 4.39 Å². The van der Waals surface area contributed by atoms with Crippen molar-refractivity contribution in [3.63, 3.8) is 0 Å². The number of rotatable bonds is 5. The molecule has 1 N–H and O–H groups in total. The maximum Gasteiger partial charge on any atom is 0.316 e. The lowest BCUT2D eigenvalue weighted by Crippen LogP contribution is -2.07. The molecule has 3 heterocycles. The SMILES string of the molecule is Fc1ccc(-n2nccc2CNc2nnc(-c3ccncc3)o2)cc1. The molecule has 8 heteroatoms. The Bertz CT molecular complexity index is 964. The lowest BCUT2D eigenvalue weighted by Gasteiger charge is -2.07. The first kappa shape index (κ1) is 15.0. The lowest BCUT2D eigenvalue weighted by molar-refractivity contribution is 0.579. The van der Waals surface area contributed by atoms with E-state index in [2.05, 4.69) is 25.6 Å². The fraction of sp³-hybridized carbons (Fsp3) is 0.0588. The molecule has 4 rings (SSSR count). The minimum absolute atomic E-state index is 0.287. The van der Waals surface area contributed by atoms with Crippen molar-refractivity contribution in [2.75, 3.05) is 5.32 Å². The second-order valence-corrected chi connectivity index (χ2v) is 5.21. The second kappa shape index (κ2) is 6.52. The van der Waals surface area contributed by atoms with Crippen LogP contribution in [0.3, 0.4) is 0 Å². The van der Waals surface area contributed by atoms with Crippen LogP contribution >= 0.6 is 0 Å². The van der Waals surface area contributed by atoms with Gasteiger partial charge in [-0.05, 0) is 42.5 Å². The van der Waals surface area contributed by atoms with Crippen molar-refractivity contribution in [1.29, 1.82) is 0 Å². The standard InChI is InChI=1S/C17H13FN6O/c18-13-1-3-14(4-2-13)24-15(7-10-21-24)11-20-17-23-22-16(25-17)12-5-8-19-9-6-12/h1-10H,11H2,(H,20,23). The maximum absolute atomic E-state index is 13.1. The number of hydrogen-bond acceptors (Lipinski definition) is 6. The first-order chi connectivity index (χ1) is 12.3. The number of hydrogen-bond donors (Lipinski definition) is 1. The molecule has 0 spiro atoms. The molecular formula is C17H13FN6O. The fourth-order valence-electron chi connectivity index (χ4n) is 2.35. The van der Waals surface area contributed by atoms with Gasteiger partial charge in [-0.2, -0.15) is 5.10 Å². The number of benzene rings is 1. The first-order valence-corrected chi connectivity index (χ1v) is 7.56. The Morgan fingerprint density at radius 1 is 0.960 bits per heavy atom. The molecule has 0 saturated carbocycles. The summed E-state index contributed by atoms with van der Waals surface area (Å²) in [6, 6.07) is 11.9. The van der Waals surface area contributed by atoms with Crippen molar-refractivity contribution in [2.24, 2.45) is 0 Å². The number of halogens is 1. The Morgan fingerprint density at radius 2 is 1.76 bits per heavy atom. The molecule has 0 amide bonds. The van der Waals surface area contributed by atoms with Crippen LogP contribution < -0.4 is 5.32 Å². The molecule has 0 saturated heterocycles. The highest BCUT2D eigenvalue weighted by Gasteiger charge is 2.10. The minimum atomic E-state index is -0.287. The van der Waals surface area contributed by atoms with Gasteiger partial charge in [0.25, 0.3) is 0 Å². The van der Waals surface area contributed by atoms with E-state index >= 15 is 0 Å². The van der Waals surface area contributed by atoms with Crippen LogP contribution in [0.4, 0.5) is 10.4 Å². The van der Waals surface area contributed by atoms with Gasteiger partial charge >= 0.3 is 6.01 Å². The van der Waals surface area contributed by atoms with Crippen molar-refractivity contribution in [1.82, 2.24) is 25.0 Å². The van der Waals surface area contributed by atoms with E-state index in [-0.39, 0.29) is 5.82 Å². The Hall–Kier alpha value is -3.55. The molecule has 0 aliphatic rings. The van der Waals surface area contributed by atoms with E-state index in [0.717, 1.165) is 16.9 Å². The van der Waals surface area contributed by atoms with Gasteiger partial charge in [0.05, 0.1) is 17.9 Å². The average molecular weight is 336 g/mol. The van der Waals surface area contributed by atoms with E-state index in [0.29, 0.717) is 18.5 Å². The summed E-state index contributed by atoms with van der Waals surface area (Å²) in [5, 5.41) is 15.3. The van der Waals surface area contributed by atoms with Crippen molar-refractivity contribution >= 4 is 6.01 Å². The third kappa shape index (κ3) is 3.23. The normalized spacial score (nSPS) is 10.8. The number of nitrogens with one attached hydrogen (secondary N) is 1. The van der Waals surface area contributed by atoms with Crippen LogP contribution in [-0.4, -0.2) is 25.0 Å². The van der Waals surface area contributed by atoms with Crippen LogP contribution in [-0.2, 0) is 6.54 Å². The van der Waals surface area contributed by atoms with Crippen LogP contribution in [0.15, 0.2) is 65.5 Å². The molecule has 0 aliphatic carbocycles. The molecule has 0 aliphatic heterocycles. The zero-order chi connectivity index (χ0) is 17.1. The van der Waals surface area contributed by atoms with E-state index in [1.54, 1.807) is 47.5 Å². The molecule has 0 bridgehead atoms. The third-order valence-electron chi connectivity index (χ3n) is 3.57. The lowest BCUT2D eigenvalue weighted by atomic mass is 10.3. The molecule has 0 radical (unpaired) electrons. The van der Waals surface area contributed by atoms with Gasteiger partial charge < -0.3 is 9.73 Å². The molecule has 4 aromatic rings. The molecule has 1 aromatic carbocycles. The van der Waals surface area contributed by atoms with E-state index in [1.165, 1.54) is 12.1 Å². The summed E-state index contributed by atoms with van der Waals surface area (Å²) in [7, 11) is 0. The summed E-state index contributed by atoms with van der Waals surface area (Å²) in [5.41, 5.74) is 2.44. The highest BCUT2D eigenvalue weighted by molar-refractivity contribution is 5.51. The van der Waals surface area contributed by atoms with Gasteiger partial charge in [0.2, 0.25) is 5.89 Å². The molecule has 3 aromatic heterocycles. The summed E-state index contributed by atoms with van der Waals surface area (Å²) in [5.74, 6) is 0.127. The predicted molar refractivity (Wildman–Crippen MR) is 88.4 cm³/mol. The van der Waals surface area contributed by atoms with Crippen LogP contribution in [0.5, 0.6) is 0 Å². The van der Waals surface area contributed by atoms with Gasteiger partial charge in [0, 0.05) is 24.2 Å². The summed E-state index contributed by atoms with van der Waals surface area (Å²) >= 11 is 0. The molecule has 7 nitrogen and oxygen atoms in total. The summed E-state index contributed by atoms with van der Waals surface area (Å²) in [4.78, 5) is 3.95. The number of nitrogens with zero attached hydrogens (tertiary/aromatic N) is 5. The zero-order valence-electron chi connectivity index (χ0n) is 13.0. The summed E-state index contributed by atoms with van der Waals surface area (Å²) < 4.78 is 20.4. The van der Waals surface area contributed by atoms with Crippen LogP contribution in [0.2, 0.25) is 0 Å². The van der Waals surface area contributed by atoms with E-state index in [1.807, 2.05) is 6.07 Å². The minimum Gasteiger partial charge on any atom is -0.403 e. The van der Waals surface area contributed by atoms with Gasteiger partial charge in [-0.1, -0.05) is 5.10 Å². The van der Waals surface area contributed by atoms with Crippen molar-refractivity contribution in [2.45, 2.75) is 6.54 Å². The molecule has 25 heavy (non-hydrogen) atoms. The summed E-state index contributed by atoms with van der Waals surface area (Å²) in [6.45, 7) is 0.426. The molecule has 124 valence electrons. The smallest absolute Gasteiger partial charge is 0.316 e. The monoisotopic (exact) mass is 336 g/mol. The Labute approximate surface area is 142 Å². The molecule has 0 atom stereocenters. The zero-order valence-corrected chi connectivity index (χ0v) is 13.0. The van der Waals surface area contributed by atoms with E-state index in [4.69, 9.17) is 4.42 Å². The van der Waals surface area contributed by atoms with Gasteiger partial charge in [-0.25, -0.2) is 9.07 Å². The predicted octanol–water partition coefficient (Wildman–Crippen LogP) is 3.07. The molecule has 0 fully saturated rings. The maximum atomic E-state index is 13.1. The van der Waals surface area contributed by atoms with Crippen molar-refractivity contribution in [3.8, 4) is 17.1 Å². The topological polar surface area (TPSA) is 81.7 Å². The van der Waals surface area contributed by atoms with Crippen LogP contribution in [0.25, 0.3) is 17.1 Å². The van der Waals surface area contributed by atoms with Gasteiger partial charge in [-0.3, -0.25) is 4.98 Å². The number of aromatic nitrogens is 5. The Morgan fingerprint density at radius 3 is 2.56 bits per heavy atom. The first-order valence-electron chi connectivity index (χ1n) is 7.56. The van der Waals surface area contributed by atoms with Crippen molar-refractivity contribution in [3.05, 3.63) is 72.6 Å². The van der Waals surface area contributed by atoms with Crippen molar-refractivity contribution < 1.29 is 8.81 Å².